The van der Waals surface area contributed by atoms with Crippen molar-refractivity contribution in [1.82, 2.24) is 0 Å². The van der Waals surface area contributed by atoms with Crippen molar-refractivity contribution >= 4 is 11.9 Å². The van der Waals surface area contributed by atoms with Gasteiger partial charge in [-0.1, -0.05) is 13.8 Å². The Morgan fingerprint density at radius 3 is 1.81 bits per heavy atom. The van der Waals surface area contributed by atoms with Crippen LogP contribution in [0.15, 0.2) is 0 Å². The maximum atomic E-state index is 12.2. The number of carboxylic acids is 1. The van der Waals surface area contributed by atoms with E-state index in [9.17, 15) is 35.9 Å². The van der Waals surface area contributed by atoms with E-state index in [2.05, 4.69) is 4.74 Å². The van der Waals surface area contributed by atoms with E-state index in [0.29, 0.717) is 0 Å². The van der Waals surface area contributed by atoms with Gasteiger partial charge in [0.1, 0.15) is 0 Å². The summed E-state index contributed by atoms with van der Waals surface area (Å²) in [5.74, 6) is -5.49. The summed E-state index contributed by atoms with van der Waals surface area (Å²) in [4.78, 5) is 22.0. The first kappa shape index (κ1) is 19.5. The van der Waals surface area contributed by atoms with Crippen LogP contribution >= 0.6 is 0 Å². The molecular weight excluding hydrogens is 310 g/mol. The minimum absolute atomic E-state index is 0.140. The zero-order valence-corrected chi connectivity index (χ0v) is 11.1. The number of carbonyl (C=O) groups excluding carboxylic acids is 1. The summed E-state index contributed by atoms with van der Waals surface area (Å²) in [7, 11) is 0. The SMILES string of the molecule is CCC(CC(C)C(=O)O)C(=O)OC(C(F)(F)F)C(F)(F)F. The van der Waals surface area contributed by atoms with Crippen LogP contribution in [0.25, 0.3) is 0 Å². The topological polar surface area (TPSA) is 63.6 Å². The van der Waals surface area contributed by atoms with E-state index in [1.54, 1.807) is 0 Å². The molecule has 0 rings (SSSR count). The van der Waals surface area contributed by atoms with E-state index in [1.165, 1.54) is 13.8 Å². The molecule has 1 N–H and O–H groups in total. The highest BCUT2D eigenvalue weighted by molar-refractivity contribution is 5.75. The zero-order chi connectivity index (χ0) is 17.0. The highest BCUT2D eigenvalue weighted by atomic mass is 19.4. The number of alkyl halides is 6. The van der Waals surface area contributed by atoms with E-state index >= 15 is 0 Å². The molecule has 21 heavy (non-hydrogen) atoms. The molecule has 10 heteroatoms. The Labute approximate surface area is 116 Å². The van der Waals surface area contributed by atoms with Gasteiger partial charge >= 0.3 is 24.3 Å². The first-order chi connectivity index (χ1) is 9.30. The Hall–Kier alpha value is -1.48. The van der Waals surface area contributed by atoms with Crippen LogP contribution < -0.4 is 0 Å². The summed E-state index contributed by atoms with van der Waals surface area (Å²) in [6.45, 7) is 2.51. The van der Waals surface area contributed by atoms with E-state index in [1.807, 2.05) is 0 Å². The van der Waals surface area contributed by atoms with Crippen LogP contribution in [0.5, 0.6) is 0 Å². The lowest BCUT2D eigenvalue weighted by Crippen LogP contribution is -2.46. The molecule has 0 saturated heterocycles. The highest BCUT2D eigenvalue weighted by Gasteiger charge is 2.60. The number of esters is 1. The number of ether oxygens (including phenoxy) is 1. The molecule has 0 aliphatic carbocycles. The lowest BCUT2D eigenvalue weighted by Gasteiger charge is -2.25. The van der Waals surface area contributed by atoms with Gasteiger partial charge in [0.2, 0.25) is 0 Å². The molecule has 0 aromatic rings. The quantitative estimate of drug-likeness (QED) is 0.602. The summed E-state index contributed by atoms with van der Waals surface area (Å²) >= 11 is 0. The van der Waals surface area contributed by atoms with Crippen molar-refractivity contribution in [3.8, 4) is 0 Å². The number of hydrogen-bond donors (Lipinski definition) is 1. The molecule has 0 aromatic heterocycles. The fraction of sp³-hybridized carbons (Fsp3) is 0.818. The maximum Gasteiger partial charge on any atom is 0.434 e. The minimum atomic E-state index is -5.79. The van der Waals surface area contributed by atoms with Gasteiger partial charge < -0.3 is 9.84 Å². The van der Waals surface area contributed by atoms with Gasteiger partial charge in [-0.3, -0.25) is 9.59 Å². The van der Waals surface area contributed by atoms with Crippen LogP contribution in [0.2, 0.25) is 0 Å². The van der Waals surface area contributed by atoms with Gasteiger partial charge in [-0.25, -0.2) is 0 Å². The lowest BCUT2D eigenvalue weighted by molar-refractivity contribution is -0.314. The first-order valence-electron chi connectivity index (χ1n) is 5.87. The van der Waals surface area contributed by atoms with Gasteiger partial charge in [-0.05, 0) is 12.8 Å². The second-order valence-electron chi connectivity index (χ2n) is 4.48. The minimum Gasteiger partial charge on any atom is -0.481 e. The van der Waals surface area contributed by atoms with Crippen molar-refractivity contribution in [1.29, 1.82) is 0 Å². The fourth-order valence-electron chi connectivity index (χ4n) is 1.49. The van der Waals surface area contributed by atoms with Crippen LogP contribution in [0.3, 0.4) is 0 Å². The van der Waals surface area contributed by atoms with Crippen LogP contribution in [-0.2, 0) is 14.3 Å². The van der Waals surface area contributed by atoms with Gasteiger partial charge in [0, 0.05) is 0 Å². The standard InChI is InChI=1S/C11H14F6O4/c1-3-6(4-5(2)7(18)19)8(20)21-9(10(12,13)14)11(15,16)17/h5-6,9H,3-4H2,1-2H3,(H,18,19). The van der Waals surface area contributed by atoms with Gasteiger partial charge in [0.15, 0.2) is 0 Å². The summed E-state index contributed by atoms with van der Waals surface area (Å²) in [6, 6.07) is 0. The Balaban J connectivity index is 5.00. The predicted octanol–water partition coefficient (Wildman–Crippen LogP) is 3.16. The second kappa shape index (κ2) is 6.99. The first-order valence-corrected chi connectivity index (χ1v) is 5.87. The second-order valence-corrected chi connectivity index (χ2v) is 4.48. The molecule has 0 aliphatic heterocycles. The Kier molecular flexibility index (Phi) is 6.50. The summed E-state index contributed by atoms with van der Waals surface area (Å²) in [6.07, 6.45) is -16.3. The Bertz CT molecular complexity index is 362. The number of halogens is 6. The van der Waals surface area contributed by atoms with Crippen LogP contribution in [0.1, 0.15) is 26.7 Å². The van der Waals surface area contributed by atoms with Gasteiger partial charge in [0.25, 0.3) is 6.10 Å². The molecule has 124 valence electrons. The Morgan fingerprint density at radius 1 is 1.10 bits per heavy atom. The number of carbonyl (C=O) groups is 2. The van der Waals surface area contributed by atoms with Gasteiger partial charge in [-0.2, -0.15) is 26.3 Å². The van der Waals surface area contributed by atoms with E-state index in [4.69, 9.17) is 5.11 Å². The monoisotopic (exact) mass is 324 g/mol. The average molecular weight is 324 g/mol. The normalized spacial score (nSPS) is 15.7. The molecule has 0 spiro atoms. The fourth-order valence-corrected chi connectivity index (χ4v) is 1.49. The van der Waals surface area contributed by atoms with E-state index < -0.39 is 48.7 Å². The average Bonchev–Trinajstić information content (AvgIpc) is 2.29. The molecule has 0 heterocycles. The largest absolute Gasteiger partial charge is 0.481 e. The van der Waals surface area contributed by atoms with Gasteiger partial charge in [0.05, 0.1) is 11.8 Å². The molecular formula is C11H14F6O4. The predicted molar refractivity (Wildman–Crippen MR) is 57.2 cm³/mol. The molecule has 0 aromatic carbocycles. The molecule has 4 nitrogen and oxygen atoms in total. The third-order valence-electron chi connectivity index (χ3n) is 2.71. The van der Waals surface area contributed by atoms with Crippen LogP contribution in [-0.4, -0.2) is 35.5 Å². The van der Waals surface area contributed by atoms with Gasteiger partial charge in [-0.15, -0.1) is 0 Å². The number of rotatable bonds is 6. The summed E-state index contributed by atoms with van der Waals surface area (Å²) in [5.41, 5.74) is 0. The van der Waals surface area contributed by atoms with Crippen LogP contribution in [0.4, 0.5) is 26.3 Å². The zero-order valence-electron chi connectivity index (χ0n) is 11.1. The van der Waals surface area contributed by atoms with E-state index in [-0.39, 0.29) is 6.42 Å². The lowest BCUT2D eigenvalue weighted by atomic mass is 9.94. The molecule has 0 bridgehead atoms. The van der Waals surface area contributed by atoms with Crippen molar-refractivity contribution in [3.05, 3.63) is 0 Å². The van der Waals surface area contributed by atoms with Crippen molar-refractivity contribution in [2.24, 2.45) is 11.8 Å². The molecule has 2 unspecified atom stereocenters. The van der Waals surface area contributed by atoms with Crippen LogP contribution in [0, 0.1) is 11.8 Å². The maximum absolute atomic E-state index is 12.2. The summed E-state index contributed by atoms with van der Waals surface area (Å²) < 4.78 is 77.0. The number of carboxylic acid groups (broad SMARTS) is 1. The van der Waals surface area contributed by atoms with E-state index in [0.717, 1.165) is 0 Å². The summed E-state index contributed by atoms with van der Waals surface area (Å²) in [5, 5.41) is 8.64. The van der Waals surface area contributed by atoms with Crippen molar-refractivity contribution in [2.75, 3.05) is 0 Å². The number of aliphatic carboxylic acids is 1. The highest BCUT2D eigenvalue weighted by Crippen LogP contribution is 2.36. The molecule has 0 radical (unpaired) electrons. The molecule has 0 amide bonds. The van der Waals surface area contributed by atoms with Crippen molar-refractivity contribution in [3.63, 3.8) is 0 Å². The Morgan fingerprint density at radius 2 is 1.52 bits per heavy atom. The third kappa shape index (κ3) is 6.21. The third-order valence-corrected chi connectivity index (χ3v) is 2.71. The number of hydrogen-bond acceptors (Lipinski definition) is 3. The molecule has 0 aliphatic rings. The van der Waals surface area contributed by atoms with Crippen molar-refractivity contribution in [2.45, 2.75) is 45.1 Å². The van der Waals surface area contributed by atoms with Crippen molar-refractivity contribution < 1.29 is 45.8 Å². The smallest absolute Gasteiger partial charge is 0.434 e. The molecule has 2 atom stereocenters. The molecule has 0 fully saturated rings. The molecule has 0 saturated carbocycles.